The van der Waals surface area contributed by atoms with Crippen LogP contribution >= 0.6 is 7.75 Å². The summed E-state index contributed by atoms with van der Waals surface area (Å²) in [4.78, 5) is 21.0. The number of nitrogens with zero attached hydrogens (tertiary/aromatic N) is 3. The molecule has 2 aromatic heterocycles. The maximum Gasteiger partial charge on any atom is 0.459 e. The molecular weight excluding hydrogens is 620 g/mol. The first-order valence-corrected chi connectivity index (χ1v) is 15.6. The first kappa shape index (κ1) is 32.9. The molecule has 0 spiro atoms. The lowest BCUT2D eigenvalue weighted by atomic mass is 9.98. The van der Waals surface area contributed by atoms with Gasteiger partial charge in [0.1, 0.15) is 47.5 Å². The number of ether oxygens (including phenoxy) is 3. The van der Waals surface area contributed by atoms with E-state index in [-0.39, 0.29) is 23.6 Å². The molecule has 13 nitrogen and oxygen atoms in total. The zero-order chi connectivity index (χ0) is 33.1. The molecule has 4 aromatic rings. The zero-order valence-corrected chi connectivity index (χ0v) is 26.1. The smallest absolute Gasteiger partial charge is 0.459 e. The highest BCUT2D eigenvalue weighted by Crippen LogP contribution is 2.48. The summed E-state index contributed by atoms with van der Waals surface area (Å²) in [5, 5.41) is 14.0. The Hall–Kier alpha value is -4.51. The molecule has 1 aliphatic rings. The van der Waals surface area contributed by atoms with Crippen LogP contribution in [0.4, 0.5) is 10.2 Å². The number of esters is 1. The first-order valence-electron chi connectivity index (χ1n) is 14.1. The SMILES string of the molecule is C#Cc1cn([C@@H]2O[C@H](COP(=O)(NC(Cc3ccccc3)C(=O)OC)Oc3ccc(OC)cc3)[C@@H](O)[C@@]2(C)F)c2ncnc(N)c12. The zero-order valence-electron chi connectivity index (χ0n) is 25.2. The highest BCUT2D eigenvalue weighted by atomic mass is 31.2. The third kappa shape index (κ3) is 6.69. The number of aliphatic hydroxyl groups excluding tert-OH is 1. The number of fused-ring (bicyclic) bond motifs is 1. The number of aliphatic hydroxyl groups is 1. The van der Waals surface area contributed by atoms with Gasteiger partial charge in [-0.25, -0.2) is 18.9 Å². The number of terminal acetylenes is 1. The van der Waals surface area contributed by atoms with Gasteiger partial charge in [0.15, 0.2) is 11.9 Å². The van der Waals surface area contributed by atoms with Crippen LogP contribution in [-0.4, -0.2) is 70.4 Å². The van der Waals surface area contributed by atoms with E-state index in [0.717, 1.165) is 12.5 Å². The summed E-state index contributed by atoms with van der Waals surface area (Å²) in [5.74, 6) is 2.46. The number of rotatable bonds is 12. The van der Waals surface area contributed by atoms with E-state index in [1.165, 1.54) is 43.4 Å². The lowest BCUT2D eigenvalue weighted by Crippen LogP contribution is -2.42. The number of methoxy groups -OCH3 is 2. The molecular formula is C31H33FN5O8P. The third-order valence-corrected chi connectivity index (χ3v) is 9.11. The second-order valence-corrected chi connectivity index (χ2v) is 12.3. The number of nitrogens with one attached hydrogen (secondary N) is 1. The number of aromatic nitrogens is 3. The lowest BCUT2D eigenvalue weighted by molar-refractivity contribution is -0.142. The van der Waals surface area contributed by atoms with Crippen molar-refractivity contribution in [2.75, 3.05) is 26.6 Å². The standard InChI is InChI=1S/C31H33FN5O8P/c1-5-20-16-37(28-25(20)27(33)34-18-35-28)30-31(2,32)26(38)24(44-30)17-43-46(40,45-22-13-11-21(41-3)12-14-22)36-23(29(39)42-4)15-19-9-7-6-8-10-19/h1,6-14,16,18,23-24,26,30,38H,15,17H2,2-4H3,(H,36,40)(H2,33,34,35)/t23?,24-,26-,30-,31-,46?/m1/s1. The predicted octanol–water partition coefficient (Wildman–Crippen LogP) is 3.57. The molecule has 2 aromatic carbocycles. The molecule has 0 saturated carbocycles. The van der Waals surface area contributed by atoms with Crippen LogP contribution in [0.3, 0.4) is 0 Å². The van der Waals surface area contributed by atoms with Crippen molar-refractivity contribution in [1.29, 1.82) is 0 Å². The summed E-state index contributed by atoms with van der Waals surface area (Å²) in [6.07, 6.45) is 3.78. The van der Waals surface area contributed by atoms with Gasteiger partial charge in [-0.1, -0.05) is 36.3 Å². The number of alkyl halides is 1. The Kier molecular flexibility index (Phi) is 9.62. The fourth-order valence-electron chi connectivity index (χ4n) is 5.15. The highest BCUT2D eigenvalue weighted by Gasteiger charge is 2.56. The van der Waals surface area contributed by atoms with Gasteiger partial charge >= 0.3 is 13.7 Å². The maximum atomic E-state index is 16.2. The van der Waals surface area contributed by atoms with Crippen molar-refractivity contribution in [3.8, 4) is 23.8 Å². The van der Waals surface area contributed by atoms with Gasteiger partial charge in [0.2, 0.25) is 0 Å². The monoisotopic (exact) mass is 653 g/mol. The van der Waals surface area contributed by atoms with E-state index in [0.29, 0.717) is 16.7 Å². The molecule has 6 atom stereocenters. The molecule has 1 aliphatic heterocycles. The number of nitrogen functional groups attached to an aromatic ring is 1. The quantitative estimate of drug-likeness (QED) is 0.116. The summed E-state index contributed by atoms with van der Waals surface area (Å²) in [7, 11) is -1.78. The van der Waals surface area contributed by atoms with Gasteiger partial charge in [-0.05, 0) is 43.2 Å². The maximum absolute atomic E-state index is 16.2. The van der Waals surface area contributed by atoms with E-state index in [4.69, 9.17) is 35.4 Å². The van der Waals surface area contributed by atoms with Crippen LogP contribution in [0.2, 0.25) is 0 Å². The lowest BCUT2D eigenvalue weighted by Gasteiger charge is -2.26. The van der Waals surface area contributed by atoms with Crippen molar-refractivity contribution in [2.24, 2.45) is 0 Å². The van der Waals surface area contributed by atoms with E-state index in [2.05, 4.69) is 21.0 Å². The average Bonchev–Trinajstić information content (AvgIpc) is 3.54. The van der Waals surface area contributed by atoms with Crippen LogP contribution in [0, 0.1) is 12.3 Å². The summed E-state index contributed by atoms with van der Waals surface area (Å²) >= 11 is 0. The van der Waals surface area contributed by atoms with Gasteiger partial charge in [-0.3, -0.25) is 9.32 Å². The molecule has 46 heavy (non-hydrogen) atoms. The largest absolute Gasteiger partial charge is 0.497 e. The number of anilines is 1. The van der Waals surface area contributed by atoms with Crippen molar-refractivity contribution in [3.05, 3.63) is 78.2 Å². The van der Waals surface area contributed by atoms with Crippen LogP contribution in [-0.2, 0) is 29.8 Å². The second-order valence-electron chi connectivity index (χ2n) is 10.6. The molecule has 0 aliphatic carbocycles. The molecule has 4 N–H and O–H groups in total. The van der Waals surface area contributed by atoms with Crippen LogP contribution in [0.25, 0.3) is 11.0 Å². The van der Waals surface area contributed by atoms with Gasteiger partial charge in [0.05, 0.1) is 31.8 Å². The van der Waals surface area contributed by atoms with E-state index in [1.54, 1.807) is 36.4 Å². The molecule has 2 unspecified atom stereocenters. The molecule has 1 fully saturated rings. The minimum atomic E-state index is -4.46. The van der Waals surface area contributed by atoms with Crippen molar-refractivity contribution in [3.63, 3.8) is 0 Å². The minimum absolute atomic E-state index is 0.0726. The van der Waals surface area contributed by atoms with Gasteiger partial charge in [0.25, 0.3) is 0 Å². The Morgan fingerprint density at radius 2 is 1.91 bits per heavy atom. The first-order chi connectivity index (χ1) is 22.0. The number of hydrogen-bond donors (Lipinski definition) is 3. The Morgan fingerprint density at radius 3 is 2.57 bits per heavy atom. The molecule has 3 heterocycles. The normalized spacial score (nSPS) is 22.9. The van der Waals surface area contributed by atoms with E-state index in [9.17, 15) is 14.5 Å². The number of nitrogens with two attached hydrogens (primary N) is 1. The van der Waals surface area contributed by atoms with Crippen LogP contribution in [0.1, 0.15) is 24.3 Å². The number of hydrogen-bond acceptors (Lipinski definition) is 11. The molecule has 15 heteroatoms. The van der Waals surface area contributed by atoms with Crippen molar-refractivity contribution >= 4 is 30.6 Å². The highest BCUT2D eigenvalue weighted by molar-refractivity contribution is 7.52. The van der Waals surface area contributed by atoms with Crippen LogP contribution < -0.4 is 20.1 Å². The predicted molar refractivity (Wildman–Crippen MR) is 166 cm³/mol. The number of benzene rings is 2. The van der Waals surface area contributed by atoms with E-state index >= 15 is 4.39 Å². The topological polar surface area (TPSA) is 169 Å². The van der Waals surface area contributed by atoms with Gasteiger partial charge in [0, 0.05) is 6.20 Å². The van der Waals surface area contributed by atoms with Gasteiger partial charge in [-0.15, -0.1) is 6.42 Å². The minimum Gasteiger partial charge on any atom is -0.497 e. The number of carbonyl (C=O) groups is 1. The summed E-state index contributed by atoms with van der Waals surface area (Å²) in [6.45, 7) is 0.530. The average molecular weight is 654 g/mol. The Labute approximate surface area is 264 Å². The summed E-state index contributed by atoms with van der Waals surface area (Å²) in [6, 6.07) is 13.9. The molecule has 0 bridgehead atoms. The molecule has 242 valence electrons. The molecule has 1 saturated heterocycles. The number of carbonyl (C=O) groups excluding carboxylic acids is 1. The van der Waals surface area contributed by atoms with E-state index in [1.807, 2.05) is 6.07 Å². The van der Waals surface area contributed by atoms with Crippen molar-refractivity contribution < 1.29 is 42.1 Å². The summed E-state index contributed by atoms with van der Waals surface area (Å²) in [5.41, 5.74) is 4.84. The Balaban J connectivity index is 1.42. The second kappa shape index (κ2) is 13.5. The third-order valence-electron chi connectivity index (χ3n) is 7.54. The Morgan fingerprint density at radius 1 is 1.22 bits per heavy atom. The molecule has 5 rings (SSSR count). The van der Waals surface area contributed by atoms with Crippen molar-refractivity contribution in [2.45, 2.75) is 43.5 Å². The molecule has 0 radical (unpaired) electrons. The molecule has 0 amide bonds. The van der Waals surface area contributed by atoms with E-state index < -0.39 is 50.5 Å². The Bertz CT molecular complexity index is 1780. The van der Waals surface area contributed by atoms with Crippen molar-refractivity contribution in [1.82, 2.24) is 19.6 Å². The van der Waals surface area contributed by atoms with Gasteiger partial charge in [-0.2, -0.15) is 5.09 Å². The fraction of sp³-hybridized carbons (Fsp3) is 0.323. The fourth-order valence-corrected chi connectivity index (χ4v) is 6.65. The van der Waals surface area contributed by atoms with Gasteiger partial charge < -0.3 is 34.1 Å². The van der Waals surface area contributed by atoms with Crippen LogP contribution in [0.5, 0.6) is 11.5 Å². The summed E-state index contributed by atoms with van der Waals surface area (Å²) < 4.78 is 59.5. The van der Waals surface area contributed by atoms with Crippen LogP contribution in [0.15, 0.2) is 67.1 Å². The number of halogens is 1.